The van der Waals surface area contributed by atoms with Crippen molar-refractivity contribution >= 4 is 44.1 Å². The fourth-order valence-electron chi connectivity index (χ4n) is 5.95. The third-order valence-electron chi connectivity index (χ3n) is 7.73. The van der Waals surface area contributed by atoms with Crippen LogP contribution in [0.1, 0.15) is 55.9 Å². The van der Waals surface area contributed by atoms with Crippen molar-refractivity contribution in [1.29, 1.82) is 0 Å². The highest BCUT2D eigenvalue weighted by atomic mass is 32.2. The van der Waals surface area contributed by atoms with E-state index in [1.165, 1.54) is 75.6 Å². The molecular formula is C33H34NS+. The predicted octanol–water partition coefficient (Wildman–Crippen LogP) is 9.04. The lowest BCUT2D eigenvalue weighted by molar-refractivity contribution is -0.659. The van der Waals surface area contributed by atoms with Gasteiger partial charge in [0.05, 0.1) is 10.9 Å². The molecule has 0 aliphatic carbocycles. The molecule has 1 aliphatic heterocycles. The molecule has 0 atom stereocenters. The average Bonchev–Trinajstić information content (AvgIpc) is 2.82. The minimum atomic E-state index is 0.527. The molecule has 176 valence electrons. The summed E-state index contributed by atoms with van der Waals surface area (Å²) in [7, 11) is 2.21. The molecule has 0 N–H and O–H groups in total. The van der Waals surface area contributed by atoms with Gasteiger partial charge in [0, 0.05) is 21.2 Å². The normalized spacial score (nSPS) is 12.9. The quantitative estimate of drug-likeness (QED) is 0.182. The van der Waals surface area contributed by atoms with E-state index >= 15 is 0 Å². The molecule has 0 saturated heterocycles. The highest BCUT2D eigenvalue weighted by Gasteiger charge is 2.32. The Kier molecular flexibility index (Phi) is 5.23. The lowest BCUT2D eigenvalue weighted by Gasteiger charge is -2.26. The average molecular weight is 477 g/mol. The zero-order valence-corrected chi connectivity index (χ0v) is 22.7. The van der Waals surface area contributed by atoms with Gasteiger partial charge in [0.15, 0.2) is 6.20 Å². The van der Waals surface area contributed by atoms with Crippen molar-refractivity contribution < 1.29 is 4.57 Å². The Hall–Kier alpha value is -2.84. The molecule has 1 aromatic heterocycles. The number of rotatable bonds is 3. The molecule has 0 unspecified atom stereocenters. The van der Waals surface area contributed by atoms with Gasteiger partial charge in [0.2, 0.25) is 5.69 Å². The van der Waals surface area contributed by atoms with Crippen molar-refractivity contribution in [2.45, 2.75) is 63.7 Å². The van der Waals surface area contributed by atoms with Crippen LogP contribution >= 0.6 is 11.8 Å². The zero-order valence-electron chi connectivity index (χ0n) is 21.9. The van der Waals surface area contributed by atoms with Gasteiger partial charge >= 0.3 is 0 Å². The Morgan fingerprint density at radius 2 is 1.60 bits per heavy atom. The lowest BCUT2D eigenvalue weighted by atomic mass is 9.87. The predicted molar refractivity (Wildman–Crippen MR) is 152 cm³/mol. The molecule has 0 saturated carbocycles. The minimum absolute atomic E-state index is 0.527. The van der Waals surface area contributed by atoms with E-state index in [1.54, 1.807) is 0 Å². The van der Waals surface area contributed by atoms with Crippen molar-refractivity contribution in [2.24, 2.45) is 13.0 Å². The summed E-state index contributed by atoms with van der Waals surface area (Å²) in [5, 5.41) is 8.32. The highest BCUT2D eigenvalue weighted by Crippen LogP contribution is 2.53. The number of pyridine rings is 1. The first-order valence-corrected chi connectivity index (χ1v) is 13.7. The third kappa shape index (κ3) is 3.41. The smallest absolute Gasteiger partial charge is 0.200 e. The summed E-state index contributed by atoms with van der Waals surface area (Å²) in [6.07, 6.45) is 3.36. The fourth-order valence-corrected chi connectivity index (χ4v) is 7.33. The number of hydrogen-bond donors (Lipinski definition) is 0. The lowest BCUT2D eigenvalue weighted by Crippen LogP contribution is -2.32. The summed E-state index contributed by atoms with van der Waals surface area (Å²) < 4.78 is 2.35. The van der Waals surface area contributed by atoms with E-state index in [2.05, 4.69) is 108 Å². The van der Waals surface area contributed by atoms with Crippen LogP contribution < -0.4 is 4.57 Å². The zero-order chi connectivity index (χ0) is 24.6. The number of fused-ring (bicyclic) bond motifs is 5. The van der Waals surface area contributed by atoms with Crippen LogP contribution in [0.5, 0.6) is 0 Å². The van der Waals surface area contributed by atoms with Crippen molar-refractivity contribution in [2.75, 3.05) is 0 Å². The summed E-state index contributed by atoms with van der Waals surface area (Å²) >= 11 is 2.00. The number of hydrogen-bond acceptors (Lipinski definition) is 1. The monoisotopic (exact) mass is 476 g/mol. The van der Waals surface area contributed by atoms with E-state index in [-0.39, 0.29) is 0 Å². The fraction of sp³-hybridized carbons (Fsp3) is 0.303. The molecule has 0 amide bonds. The van der Waals surface area contributed by atoms with Gasteiger partial charge in [-0.05, 0) is 76.4 Å². The summed E-state index contributed by atoms with van der Waals surface area (Å²) in [5.41, 5.74) is 8.45. The van der Waals surface area contributed by atoms with Crippen LogP contribution in [0.3, 0.4) is 0 Å². The number of nitrogens with zero attached hydrogens (tertiary/aromatic N) is 1. The molecule has 0 radical (unpaired) electrons. The topological polar surface area (TPSA) is 3.88 Å². The molecule has 5 aromatic rings. The first-order chi connectivity index (χ1) is 16.7. The summed E-state index contributed by atoms with van der Waals surface area (Å²) in [6.45, 7) is 13.8. The van der Waals surface area contributed by atoms with Crippen LogP contribution in [0, 0.1) is 19.8 Å². The van der Waals surface area contributed by atoms with E-state index in [9.17, 15) is 0 Å². The molecule has 0 bridgehead atoms. The highest BCUT2D eigenvalue weighted by molar-refractivity contribution is 8.00. The van der Waals surface area contributed by atoms with E-state index < -0.39 is 0 Å². The summed E-state index contributed by atoms with van der Waals surface area (Å²) in [4.78, 5) is 2.85. The number of aryl methyl sites for hydroxylation is 3. The van der Waals surface area contributed by atoms with Gasteiger partial charge in [-0.3, -0.25) is 0 Å². The summed E-state index contributed by atoms with van der Waals surface area (Å²) in [6, 6.07) is 18.9. The number of aromatic nitrogens is 1. The first kappa shape index (κ1) is 22.6. The molecule has 1 nitrogen and oxygen atoms in total. The van der Waals surface area contributed by atoms with Gasteiger partial charge in [-0.2, -0.15) is 0 Å². The van der Waals surface area contributed by atoms with Crippen molar-refractivity contribution in [1.82, 2.24) is 0 Å². The van der Waals surface area contributed by atoms with Crippen LogP contribution in [0.4, 0.5) is 0 Å². The van der Waals surface area contributed by atoms with Crippen LogP contribution in [-0.4, -0.2) is 0 Å². The second-order valence-electron chi connectivity index (χ2n) is 11.1. The molecule has 35 heavy (non-hydrogen) atoms. The van der Waals surface area contributed by atoms with Crippen LogP contribution in [-0.2, 0) is 13.5 Å². The molecule has 0 fully saturated rings. The maximum absolute atomic E-state index is 2.45. The first-order valence-electron chi connectivity index (χ1n) is 12.9. The van der Waals surface area contributed by atoms with Crippen molar-refractivity contribution in [3.8, 4) is 11.3 Å². The van der Waals surface area contributed by atoms with Gasteiger partial charge in [-0.25, -0.2) is 4.57 Å². The van der Waals surface area contributed by atoms with Gasteiger partial charge < -0.3 is 0 Å². The van der Waals surface area contributed by atoms with E-state index in [0.29, 0.717) is 11.8 Å². The Bertz CT molecular complexity index is 1670. The maximum Gasteiger partial charge on any atom is 0.222 e. The van der Waals surface area contributed by atoms with E-state index in [0.717, 1.165) is 6.42 Å². The molecule has 6 rings (SSSR count). The van der Waals surface area contributed by atoms with Crippen molar-refractivity contribution in [3.63, 3.8) is 0 Å². The van der Waals surface area contributed by atoms with Crippen molar-refractivity contribution in [3.05, 3.63) is 77.0 Å². The molecule has 2 heterocycles. The van der Waals surface area contributed by atoms with Gasteiger partial charge in [0.1, 0.15) is 7.05 Å². The third-order valence-corrected chi connectivity index (χ3v) is 8.93. The Morgan fingerprint density at radius 1 is 0.829 bits per heavy atom. The van der Waals surface area contributed by atoms with Crippen LogP contribution in [0.2, 0.25) is 0 Å². The standard InChI is InChI=1S/C33H34NS/c1-18(2)14-28-25-10-8-20(5)15-27(25)21(6)30-32-31-26(12-13-34(32)7)24-11-9-22(19(3)4)16-23(24)17-29(31)35-33(28)30/h8-13,15-19H,14H2,1-7H3/q+1. The Balaban J connectivity index is 1.78. The number of benzene rings is 4. The SMILES string of the molecule is Cc1ccc2c(CC(C)C)c3c(c(C)c2c1)-c1c2c(cc4cc(C(C)C)ccc4c2cc[n+]1C)S3. The molecule has 0 spiro atoms. The van der Waals surface area contributed by atoms with Gasteiger partial charge in [-0.1, -0.05) is 81.4 Å². The molecule has 2 heteroatoms. The van der Waals surface area contributed by atoms with E-state index in [1.807, 2.05) is 11.8 Å². The molecular weight excluding hydrogens is 442 g/mol. The van der Waals surface area contributed by atoms with Crippen LogP contribution in [0.25, 0.3) is 43.6 Å². The Labute approximate surface area is 213 Å². The summed E-state index contributed by atoms with van der Waals surface area (Å²) in [5.74, 6) is 1.13. The van der Waals surface area contributed by atoms with Gasteiger partial charge in [0.25, 0.3) is 0 Å². The van der Waals surface area contributed by atoms with Crippen LogP contribution in [0.15, 0.2) is 64.5 Å². The second-order valence-corrected chi connectivity index (χ2v) is 12.2. The van der Waals surface area contributed by atoms with Gasteiger partial charge in [-0.15, -0.1) is 0 Å². The molecule has 1 aliphatic rings. The minimum Gasteiger partial charge on any atom is -0.200 e. The maximum atomic E-state index is 2.45. The molecule has 4 aromatic carbocycles. The Morgan fingerprint density at radius 3 is 2.34 bits per heavy atom. The van der Waals surface area contributed by atoms with E-state index in [4.69, 9.17) is 0 Å². The second kappa shape index (κ2) is 8.10. The largest absolute Gasteiger partial charge is 0.222 e.